The molecule has 0 aliphatic heterocycles. The van der Waals surface area contributed by atoms with Gasteiger partial charge in [0.25, 0.3) is 0 Å². The summed E-state index contributed by atoms with van der Waals surface area (Å²) in [6.07, 6.45) is 11.5. The average molecular weight is 233 g/mol. The molecule has 1 aromatic rings. The van der Waals surface area contributed by atoms with Crippen LogP contribution in [0.2, 0.25) is 0 Å². The van der Waals surface area contributed by atoms with Gasteiger partial charge in [-0.15, -0.1) is 0 Å². The molecule has 0 saturated heterocycles. The van der Waals surface area contributed by atoms with Crippen LogP contribution >= 0.6 is 0 Å². The predicted molar refractivity (Wildman–Crippen MR) is 71.8 cm³/mol. The van der Waals surface area contributed by atoms with Crippen molar-refractivity contribution >= 4 is 5.69 Å². The van der Waals surface area contributed by atoms with Gasteiger partial charge < -0.3 is 11.1 Å². The van der Waals surface area contributed by atoms with Gasteiger partial charge in [0.2, 0.25) is 0 Å². The average Bonchev–Trinajstić information content (AvgIpc) is 2.39. The molecule has 1 atom stereocenters. The first-order valence-corrected chi connectivity index (χ1v) is 6.67. The summed E-state index contributed by atoms with van der Waals surface area (Å²) < 4.78 is 0. The quantitative estimate of drug-likeness (QED) is 0.839. The number of anilines is 1. The number of likely N-dealkylation sites (N-methyl/N-ethyl adjacent to an activating group) is 1. The van der Waals surface area contributed by atoms with Gasteiger partial charge in [0.1, 0.15) is 0 Å². The van der Waals surface area contributed by atoms with Crippen molar-refractivity contribution < 1.29 is 0 Å². The molecule has 0 amide bonds. The van der Waals surface area contributed by atoms with Crippen molar-refractivity contribution in [2.75, 3.05) is 12.8 Å². The van der Waals surface area contributed by atoms with E-state index in [0.29, 0.717) is 6.04 Å². The Kier molecular flexibility index (Phi) is 4.37. The minimum absolute atomic E-state index is 0.543. The van der Waals surface area contributed by atoms with Gasteiger partial charge >= 0.3 is 0 Å². The first-order chi connectivity index (χ1) is 8.31. The van der Waals surface area contributed by atoms with Crippen LogP contribution in [0.3, 0.4) is 0 Å². The molecule has 0 spiro atoms. The molecule has 1 fully saturated rings. The fourth-order valence-electron chi connectivity index (χ4n) is 2.89. The Balaban J connectivity index is 2.01. The third-order valence-electron chi connectivity index (χ3n) is 3.97. The number of rotatable bonds is 4. The minimum atomic E-state index is 0.543. The molecule has 1 aliphatic rings. The summed E-state index contributed by atoms with van der Waals surface area (Å²) in [4.78, 5) is 4.17. The number of nitrogens with zero attached hydrogens (tertiary/aromatic N) is 1. The van der Waals surface area contributed by atoms with E-state index in [-0.39, 0.29) is 0 Å². The van der Waals surface area contributed by atoms with Gasteiger partial charge in [0.05, 0.1) is 0 Å². The highest BCUT2D eigenvalue weighted by atomic mass is 14.9. The summed E-state index contributed by atoms with van der Waals surface area (Å²) in [7, 11) is 2.06. The Labute approximate surface area is 104 Å². The van der Waals surface area contributed by atoms with E-state index in [0.717, 1.165) is 18.0 Å². The maximum atomic E-state index is 5.99. The first kappa shape index (κ1) is 12.4. The van der Waals surface area contributed by atoms with Crippen molar-refractivity contribution in [2.24, 2.45) is 5.92 Å². The van der Waals surface area contributed by atoms with E-state index < -0.39 is 0 Å². The van der Waals surface area contributed by atoms with Crippen molar-refractivity contribution in [2.45, 2.75) is 44.6 Å². The summed E-state index contributed by atoms with van der Waals surface area (Å²) in [5.41, 5.74) is 8.03. The molecular formula is C14H23N3. The molecular weight excluding hydrogens is 210 g/mol. The van der Waals surface area contributed by atoms with Crippen molar-refractivity contribution in [3.8, 4) is 0 Å². The fourth-order valence-corrected chi connectivity index (χ4v) is 2.89. The summed E-state index contributed by atoms with van der Waals surface area (Å²) >= 11 is 0. The van der Waals surface area contributed by atoms with Gasteiger partial charge in [-0.1, -0.05) is 19.3 Å². The Morgan fingerprint density at radius 1 is 1.41 bits per heavy atom. The van der Waals surface area contributed by atoms with E-state index in [4.69, 9.17) is 5.73 Å². The maximum absolute atomic E-state index is 5.99. The molecule has 1 aromatic heterocycles. The lowest BCUT2D eigenvalue weighted by Gasteiger charge is -2.30. The zero-order valence-electron chi connectivity index (χ0n) is 10.7. The molecule has 1 aliphatic carbocycles. The van der Waals surface area contributed by atoms with Crippen LogP contribution < -0.4 is 11.1 Å². The Morgan fingerprint density at radius 3 is 2.82 bits per heavy atom. The normalized spacial score (nSPS) is 19.1. The van der Waals surface area contributed by atoms with Crippen LogP contribution in [0.1, 0.15) is 37.7 Å². The number of aromatic nitrogens is 1. The second-order valence-electron chi connectivity index (χ2n) is 5.07. The van der Waals surface area contributed by atoms with Crippen molar-refractivity contribution in [1.82, 2.24) is 10.3 Å². The first-order valence-electron chi connectivity index (χ1n) is 6.67. The van der Waals surface area contributed by atoms with E-state index in [1.54, 1.807) is 6.20 Å². The molecule has 1 heterocycles. The van der Waals surface area contributed by atoms with Crippen LogP contribution in [0.25, 0.3) is 0 Å². The maximum Gasteiger partial charge on any atom is 0.0378 e. The van der Waals surface area contributed by atoms with Crippen molar-refractivity contribution in [3.63, 3.8) is 0 Å². The molecule has 1 saturated carbocycles. The molecule has 17 heavy (non-hydrogen) atoms. The van der Waals surface area contributed by atoms with Crippen LogP contribution in [0.15, 0.2) is 18.5 Å². The molecule has 0 bridgehead atoms. The number of nitrogens with one attached hydrogen (secondary N) is 1. The van der Waals surface area contributed by atoms with Gasteiger partial charge in [0.15, 0.2) is 0 Å². The lowest BCUT2D eigenvalue weighted by molar-refractivity contribution is 0.277. The zero-order valence-corrected chi connectivity index (χ0v) is 10.7. The Hall–Kier alpha value is -1.09. The monoisotopic (exact) mass is 233 g/mol. The van der Waals surface area contributed by atoms with Crippen LogP contribution in [-0.2, 0) is 6.42 Å². The predicted octanol–water partition coefficient (Wildman–Crippen LogP) is 2.37. The number of hydrogen-bond donors (Lipinski definition) is 2. The van der Waals surface area contributed by atoms with E-state index in [9.17, 15) is 0 Å². The van der Waals surface area contributed by atoms with Crippen LogP contribution in [0.5, 0.6) is 0 Å². The van der Waals surface area contributed by atoms with Crippen LogP contribution in [-0.4, -0.2) is 18.1 Å². The van der Waals surface area contributed by atoms with E-state index in [2.05, 4.69) is 17.3 Å². The van der Waals surface area contributed by atoms with Crippen LogP contribution in [0, 0.1) is 5.92 Å². The number of nitrogen functional groups attached to an aromatic ring is 1. The molecule has 3 N–H and O–H groups in total. The molecule has 3 heteroatoms. The largest absolute Gasteiger partial charge is 0.398 e. The molecule has 2 rings (SSSR count). The lowest BCUT2D eigenvalue weighted by atomic mass is 9.81. The summed E-state index contributed by atoms with van der Waals surface area (Å²) in [5, 5.41) is 3.46. The summed E-state index contributed by atoms with van der Waals surface area (Å²) in [5.74, 6) is 0.799. The van der Waals surface area contributed by atoms with E-state index >= 15 is 0 Å². The smallest absolute Gasteiger partial charge is 0.0378 e. The standard InChI is InChI=1S/C14H23N3/c1-16-14(11-5-3-2-4-6-11)9-12-10-17-8-7-13(12)15/h7-8,10-11,14,16H,2-6,9H2,1H3,(H2,15,17). The van der Waals surface area contributed by atoms with Gasteiger partial charge in [-0.2, -0.15) is 0 Å². The highest BCUT2D eigenvalue weighted by Gasteiger charge is 2.22. The number of pyridine rings is 1. The Morgan fingerprint density at radius 2 is 2.18 bits per heavy atom. The second kappa shape index (κ2) is 6.01. The number of hydrogen-bond acceptors (Lipinski definition) is 3. The molecule has 0 aromatic carbocycles. The third-order valence-corrected chi connectivity index (χ3v) is 3.97. The fraction of sp³-hybridized carbons (Fsp3) is 0.643. The second-order valence-corrected chi connectivity index (χ2v) is 5.07. The molecule has 3 nitrogen and oxygen atoms in total. The van der Waals surface area contributed by atoms with Gasteiger partial charge in [0, 0.05) is 24.1 Å². The topological polar surface area (TPSA) is 50.9 Å². The highest BCUT2D eigenvalue weighted by molar-refractivity contribution is 5.44. The van der Waals surface area contributed by atoms with Crippen molar-refractivity contribution in [3.05, 3.63) is 24.0 Å². The minimum Gasteiger partial charge on any atom is -0.398 e. The molecule has 0 radical (unpaired) electrons. The van der Waals surface area contributed by atoms with E-state index in [1.165, 1.54) is 37.7 Å². The van der Waals surface area contributed by atoms with Gasteiger partial charge in [-0.25, -0.2) is 0 Å². The van der Waals surface area contributed by atoms with E-state index in [1.807, 2.05) is 12.3 Å². The zero-order chi connectivity index (χ0) is 12.1. The summed E-state index contributed by atoms with van der Waals surface area (Å²) in [6.45, 7) is 0. The molecule has 1 unspecified atom stereocenters. The van der Waals surface area contributed by atoms with Crippen LogP contribution in [0.4, 0.5) is 5.69 Å². The summed E-state index contributed by atoms with van der Waals surface area (Å²) in [6, 6.07) is 2.44. The van der Waals surface area contributed by atoms with Gasteiger partial charge in [-0.05, 0) is 43.9 Å². The van der Waals surface area contributed by atoms with Gasteiger partial charge in [-0.3, -0.25) is 4.98 Å². The SMILES string of the molecule is CNC(Cc1cnccc1N)C1CCCCC1. The Bertz CT molecular complexity index is 345. The third kappa shape index (κ3) is 3.19. The lowest BCUT2D eigenvalue weighted by Crippen LogP contribution is -2.36. The number of nitrogens with two attached hydrogens (primary N) is 1. The highest BCUT2D eigenvalue weighted by Crippen LogP contribution is 2.28. The van der Waals surface area contributed by atoms with Crippen molar-refractivity contribution in [1.29, 1.82) is 0 Å². The molecule has 94 valence electrons.